The lowest BCUT2D eigenvalue weighted by atomic mass is 10.3. The van der Waals surface area contributed by atoms with E-state index < -0.39 is 0 Å². The second-order valence-electron chi connectivity index (χ2n) is 3.46. The van der Waals surface area contributed by atoms with Crippen molar-refractivity contribution >= 4 is 15.9 Å². The standard InChI is InChI=1S/C11H12BrN3O/c1-15-8-9(5-14-15)2-3-16-11-4-10(12)6-13-7-11/h4-8H,2-3H2,1H3. The van der Waals surface area contributed by atoms with Crippen LogP contribution in [0.2, 0.25) is 0 Å². The number of halogens is 1. The van der Waals surface area contributed by atoms with E-state index in [1.165, 1.54) is 5.56 Å². The Bertz CT molecular complexity index is 470. The van der Waals surface area contributed by atoms with E-state index in [1.807, 2.05) is 25.5 Å². The fraction of sp³-hybridized carbons (Fsp3) is 0.273. The summed E-state index contributed by atoms with van der Waals surface area (Å²) in [6, 6.07) is 1.90. The molecule has 0 unspecified atom stereocenters. The number of rotatable bonds is 4. The van der Waals surface area contributed by atoms with Crippen molar-refractivity contribution in [2.45, 2.75) is 6.42 Å². The minimum atomic E-state index is 0.629. The van der Waals surface area contributed by atoms with Gasteiger partial charge in [0.25, 0.3) is 0 Å². The molecule has 0 saturated carbocycles. The van der Waals surface area contributed by atoms with Gasteiger partial charge >= 0.3 is 0 Å². The summed E-state index contributed by atoms with van der Waals surface area (Å²) >= 11 is 3.35. The van der Waals surface area contributed by atoms with Crippen molar-refractivity contribution in [2.24, 2.45) is 7.05 Å². The third-order valence-corrected chi connectivity index (χ3v) is 2.53. The van der Waals surface area contributed by atoms with E-state index in [-0.39, 0.29) is 0 Å². The number of ether oxygens (including phenoxy) is 1. The van der Waals surface area contributed by atoms with E-state index in [9.17, 15) is 0 Å². The maximum Gasteiger partial charge on any atom is 0.138 e. The van der Waals surface area contributed by atoms with Gasteiger partial charge < -0.3 is 4.74 Å². The van der Waals surface area contributed by atoms with E-state index in [4.69, 9.17) is 4.74 Å². The summed E-state index contributed by atoms with van der Waals surface area (Å²) in [6.07, 6.45) is 8.12. The lowest BCUT2D eigenvalue weighted by molar-refractivity contribution is 0.320. The van der Waals surface area contributed by atoms with E-state index in [0.29, 0.717) is 6.61 Å². The molecule has 2 aromatic heterocycles. The molecule has 0 aliphatic carbocycles. The topological polar surface area (TPSA) is 39.9 Å². The number of hydrogen-bond acceptors (Lipinski definition) is 3. The van der Waals surface area contributed by atoms with Crippen molar-refractivity contribution in [3.05, 3.63) is 40.9 Å². The van der Waals surface area contributed by atoms with Crippen molar-refractivity contribution < 1.29 is 4.74 Å². The monoisotopic (exact) mass is 281 g/mol. The summed E-state index contributed by atoms with van der Waals surface area (Å²) < 4.78 is 8.28. The van der Waals surface area contributed by atoms with Gasteiger partial charge in [0.15, 0.2) is 0 Å². The summed E-state index contributed by atoms with van der Waals surface area (Å²) in [5.41, 5.74) is 1.17. The van der Waals surface area contributed by atoms with Crippen molar-refractivity contribution in [3.63, 3.8) is 0 Å². The number of pyridine rings is 1. The van der Waals surface area contributed by atoms with Crippen molar-refractivity contribution in [1.82, 2.24) is 14.8 Å². The van der Waals surface area contributed by atoms with Crippen LogP contribution in [0.15, 0.2) is 35.3 Å². The summed E-state index contributed by atoms with van der Waals surface area (Å²) in [5.74, 6) is 0.776. The highest BCUT2D eigenvalue weighted by Crippen LogP contribution is 2.15. The minimum Gasteiger partial charge on any atom is -0.492 e. The van der Waals surface area contributed by atoms with Gasteiger partial charge in [0.05, 0.1) is 19.0 Å². The zero-order chi connectivity index (χ0) is 11.4. The third-order valence-electron chi connectivity index (χ3n) is 2.10. The maximum absolute atomic E-state index is 5.57. The zero-order valence-corrected chi connectivity index (χ0v) is 10.5. The average molecular weight is 282 g/mol. The van der Waals surface area contributed by atoms with Gasteiger partial charge in [-0.05, 0) is 27.6 Å². The summed E-state index contributed by atoms with van der Waals surface area (Å²) in [5, 5.41) is 4.10. The molecule has 4 nitrogen and oxygen atoms in total. The largest absolute Gasteiger partial charge is 0.492 e. The minimum absolute atomic E-state index is 0.629. The Morgan fingerprint density at radius 1 is 1.38 bits per heavy atom. The fourth-order valence-electron chi connectivity index (χ4n) is 1.36. The molecule has 0 saturated heterocycles. The van der Waals surface area contributed by atoms with Crippen molar-refractivity contribution in [1.29, 1.82) is 0 Å². The maximum atomic E-state index is 5.57. The molecule has 0 aliphatic heterocycles. The van der Waals surface area contributed by atoms with Crippen LogP contribution in [0.5, 0.6) is 5.75 Å². The van der Waals surface area contributed by atoms with Crippen LogP contribution in [-0.2, 0) is 13.5 Å². The highest BCUT2D eigenvalue weighted by molar-refractivity contribution is 9.10. The first-order valence-electron chi connectivity index (χ1n) is 4.95. The van der Waals surface area contributed by atoms with Crippen LogP contribution in [0.3, 0.4) is 0 Å². The Labute approximate surface area is 102 Å². The Kier molecular flexibility index (Phi) is 3.56. The highest BCUT2D eigenvalue weighted by Gasteiger charge is 1.98. The molecule has 0 aromatic carbocycles. The van der Waals surface area contributed by atoms with E-state index >= 15 is 0 Å². The van der Waals surface area contributed by atoms with Gasteiger partial charge in [0.1, 0.15) is 5.75 Å². The smallest absolute Gasteiger partial charge is 0.138 e. The van der Waals surface area contributed by atoms with Gasteiger partial charge in [-0.3, -0.25) is 9.67 Å². The molecule has 2 heterocycles. The summed E-state index contributed by atoms with van der Waals surface area (Å²) in [4.78, 5) is 4.03. The zero-order valence-electron chi connectivity index (χ0n) is 8.93. The average Bonchev–Trinajstić information content (AvgIpc) is 2.64. The quantitative estimate of drug-likeness (QED) is 0.863. The number of aryl methyl sites for hydroxylation is 1. The van der Waals surface area contributed by atoms with Crippen molar-refractivity contribution in [2.75, 3.05) is 6.61 Å². The van der Waals surface area contributed by atoms with Crippen LogP contribution in [-0.4, -0.2) is 21.4 Å². The predicted molar refractivity (Wildman–Crippen MR) is 64.3 cm³/mol. The van der Waals surface area contributed by atoms with Crippen LogP contribution in [0.1, 0.15) is 5.56 Å². The molecule has 0 radical (unpaired) electrons. The Hall–Kier alpha value is -1.36. The molecular formula is C11H12BrN3O. The van der Waals surface area contributed by atoms with Crippen LogP contribution in [0, 0.1) is 0 Å². The Morgan fingerprint density at radius 2 is 2.25 bits per heavy atom. The number of hydrogen-bond donors (Lipinski definition) is 0. The Balaban J connectivity index is 1.84. The van der Waals surface area contributed by atoms with Crippen LogP contribution in [0.4, 0.5) is 0 Å². The molecule has 16 heavy (non-hydrogen) atoms. The van der Waals surface area contributed by atoms with Gasteiger partial charge in [0, 0.05) is 30.3 Å². The molecule has 0 N–H and O–H groups in total. The first-order valence-corrected chi connectivity index (χ1v) is 5.74. The molecule has 0 bridgehead atoms. The second kappa shape index (κ2) is 5.12. The predicted octanol–water partition coefficient (Wildman–Crippen LogP) is 2.20. The van der Waals surface area contributed by atoms with Gasteiger partial charge in [-0.25, -0.2) is 0 Å². The number of aromatic nitrogens is 3. The first-order chi connectivity index (χ1) is 7.74. The SMILES string of the molecule is Cn1cc(CCOc2cncc(Br)c2)cn1. The fourth-order valence-corrected chi connectivity index (χ4v) is 1.70. The van der Waals surface area contributed by atoms with Gasteiger partial charge in [0.2, 0.25) is 0 Å². The summed E-state index contributed by atoms with van der Waals surface area (Å²) in [7, 11) is 1.91. The van der Waals surface area contributed by atoms with Gasteiger partial charge in [-0.1, -0.05) is 0 Å². The molecule has 84 valence electrons. The summed E-state index contributed by atoms with van der Waals surface area (Å²) in [6.45, 7) is 0.629. The molecule has 0 aliphatic rings. The highest BCUT2D eigenvalue weighted by atomic mass is 79.9. The molecule has 2 aromatic rings. The van der Waals surface area contributed by atoms with E-state index in [1.54, 1.807) is 17.1 Å². The molecular weight excluding hydrogens is 270 g/mol. The molecule has 0 amide bonds. The van der Waals surface area contributed by atoms with Gasteiger partial charge in [-0.15, -0.1) is 0 Å². The lowest BCUT2D eigenvalue weighted by Crippen LogP contribution is -2.00. The molecule has 5 heteroatoms. The van der Waals surface area contributed by atoms with E-state index in [0.717, 1.165) is 16.6 Å². The van der Waals surface area contributed by atoms with Crippen LogP contribution >= 0.6 is 15.9 Å². The van der Waals surface area contributed by atoms with Gasteiger partial charge in [-0.2, -0.15) is 5.10 Å². The van der Waals surface area contributed by atoms with Crippen molar-refractivity contribution in [3.8, 4) is 5.75 Å². The first kappa shape index (κ1) is 11.1. The van der Waals surface area contributed by atoms with E-state index in [2.05, 4.69) is 26.0 Å². The molecule has 2 rings (SSSR count). The lowest BCUT2D eigenvalue weighted by Gasteiger charge is -2.04. The molecule has 0 spiro atoms. The molecule has 0 atom stereocenters. The third kappa shape index (κ3) is 3.06. The number of nitrogens with zero attached hydrogens (tertiary/aromatic N) is 3. The molecule has 0 fully saturated rings. The van der Waals surface area contributed by atoms with Crippen LogP contribution < -0.4 is 4.74 Å². The normalized spacial score (nSPS) is 10.4. The Morgan fingerprint density at radius 3 is 2.94 bits per heavy atom. The van der Waals surface area contributed by atoms with Crippen LogP contribution in [0.25, 0.3) is 0 Å². The second-order valence-corrected chi connectivity index (χ2v) is 4.38.